The van der Waals surface area contributed by atoms with Gasteiger partial charge in [0.1, 0.15) is 0 Å². The number of hydrogen-bond acceptors (Lipinski definition) is 2. The molecule has 0 bridgehead atoms. The van der Waals surface area contributed by atoms with E-state index in [4.69, 9.17) is 0 Å². The highest BCUT2D eigenvalue weighted by atomic mass is 16.6. The smallest absolute Gasteiger partial charge is 0.235 e. The van der Waals surface area contributed by atoms with E-state index in [1.54, 1.807) is 0 Å². The highest BCUT2D eigenvalue weighted by molar-refractivity contribution is 5.48. The van der Waals surface area contributed by atoms with Crippen LogP contribution in [0.1, 0.15) is 11.1 Å². The van der Waals surface area contributed by atoms with Gasteiger partial charge in [-0.2, -0.15) is 0 Å². The van der Waals surface area contributed by atoms with Gasteiger partial charge in [0.25, 0.3) is 0 Å². The van der Waals surface area contributed by atoms with Crippen LogP contribution in [0.3, 0.4) is 0 Å². The van der Waals surface area contributed by atoms with Gasteiger partial charge in [0.15, 0.2) is 0 Å². The first-order valence-corrected chi connectivity index (χ1v) is 3.57. The van der Waals surface area contributed by atoms with E-state index in [1.165, 1.54) is 6.08 Å². The summed E-state index contributed by atoms with van der Waals surface area (Å²) in [4.78, 5) is 9.49. The van der Waals surface area contributed by atoms with Crippen LogP contribution in [0.15, 0.2) is 30.5 Å². The zero-order chi connectivity index (χ0) is 8.97. The highest BCUT2D eigenvalue weighted by Crippen LogP contribution is 2.04. The number of rotatable bonds is 2. The summed E-state index contributed by atoms with van der Waals surface area (Å²) < 4.78 is 0. The first-order valence-electron chi connectivity index (χ1n) is 3.57. The molecule has 0 unspecified atom stereocenters. The highest BCUT2D eigenvalue weighted by Gasteiger charge is 1.88. The van der Waals surface area contributed by atoms with E-state index >= 15 is 0 Å². The molecule has 0 N–H and O–H groups in total. The molecule has 12 heavy (non-hydrogen) atoms. The van der Waals surface area contributed by atoms with E-state index in [2.05, 4.69) is 0 Å². The Hall–Kier alpha value is -1.64. The third kappa shape index (κ3) is 2.54. The molecule has 62 valence electrons. The third-order valence-electron chi connectivity index (χ3n) is 1.47. The van der Waals surface area contributed by atoms with Crippen LogP contribution in [-0.2, 0) is 0 Å². The van der Waals surface area contributed by atoms with Gasteiger partial charge in [0, 0.05) is 6.08 Å². The maximum atomic E-state index is 9.96. The van der Waals surface area contributed by atoms with Crippen LogP contribution in [-0.4, -0.2) is 4.92 Å². The first kappa shape index (κ1) is 8.46. The van der Waals surface area contributed by atoms with Gasteiger partial charge in [-0.1, -0.05) is 29.8 Å². The van der Waals surface area contributed by atoms with E-state index in [0.29, 0.717) is 0 Å². The minimum absolute atomic E-state index is 0.472. The van der Waals surface area contributed by atoms with Crippen LogP contribution in [0, 0.1) is 17.0 Å². The maximum Gasteiger partial charge on any atom is 0.235 e. The van der Waals surface area contributed by atoms with Gasteiger partial charge in [-0.3, -0.25) is 10.1 Å². The third-order valence-corrected chi connectivity index (χ3v) is 1.47. The summed E-state index contributed by atoms with van der Waals surface area (Å²) in [7, 11) is 0. The number of hydrogen-bond donors (Lipinski definition) is 0. The minimum Gasteiger partial charge on any atom is -0.259 e. The van der Waals surface area contributed by atoms with Crippen molar-refractivity contribution in [2.75, 3.05) is 0 Å². The lowest BCUT2D eigenvalue weighted by Gasteiger charge is -1.91. The topological polar surface area (TPSA) is 43.1 Å². The molecule has 1 aromatic carbocycles. The molecule has 3 heteroatoms. The summed E-state index contributed by atoms with van der Waals surface area (Å²) in [6.45, 7) is 1.97. The Labute approximate surface area is 70.5 Å². The van der Waals surface area contributed by atoms with Crippen molar-refractivity contribution in [1.29, 1.82) is 0 Å². The second-order valence-electron chi connectivity index (χ2n) is 2.51. The zero-order valence-electron chi connectivity index (χ0n) is 6.73. The van der Waals surface area contributed by atoms with Crippen LogP contribution >= 0.6 is 0 Å². The molecular formula is C9H9NO2. The van der Waals surface area contributed by atoms with Crippen molar-refractivity contribution in [3.8, 4) is 0 Å². The molecular weight excluding hydrogens is 154 g/mol. The average molecular weight is 163 g/mol. The monoisotopic (exact) mass is 163 g/mol. The Morgan fingerprint density at radius 1 is 1.33 bits per heavy atom. The quantitative estimate of drug-likeness (QED) is 0.495. The fourth-order valence-corrected chi connectivity index (χ4v) is 0.824. The standard InChI is InChI=1S/C9H9NO2/c1-8-2-4-9(5-3-8)6-7-10(11)12/h2-7H,1H3/b7-6+. The summed E-state index contributed by atoms with van der Waals surface area (Å²) in [5.74, 6) is 0. The van der Waals surface area contributed by atoms with Crippen molar-refractivity contribution in [2.24, 2.45) is 0 Å². The van der Waals surface area contributed by atoms with Gasteiger partial charge in [-0.25, -0.2) is 0 Å². The van der Waals surface area contributed by atoms with Crippen LogP contribution in [0.25, 0.3) is 6.08 Å². The average Bonchev–Trinajstić information content (AvgIpc) is 2.03. The summed E-state index contributed by atoms with van der Waals surface area (Å²) >= 11 is 0. The molecule has 1 rings (SSSR count). The predicted molar refractivity (Wildman–Crippen MR) is 47.2 cm³/mol. The molecule has 0 aromatic heterocycles. The van der Waals surface area contributed by atoms with E-state index in [9.17, 15) is 10.1 Å². The molecule has 0 fully saturated rings. The second kappa shape index (κ2) is 3.67. The number of nitrogens with zero attached hydrogens (tertiary/aromatic N) is 1. The van der Waals surface area contributed by atoms with Gasteiger partial charge < -0.3 is 0 Å². The summed E-state index contributed by atoms with van der Waals surface area (Å²) in [6, 6.07) is 7.52. The Morgan fingerprint density at radius 3 is 2.42 bits per heavy atom. The van der Waals surface area contributed by atoms with Crippen molar-refractivity contribution >= 4 is 6.08 Å². The van der Waals surface area contributed by atoms with E-state index < -0.39 is 4.92 Å². The molecule has 0 saturated carbocycles. The molecule has 0 atom stereocenters. The number of aryl methyl sites for hydroxylation is 1. The molecule has 0 aliphatic rings. The van der Waals surface area contributed by atoms with Gasteiger partial charge in [-0.05, 0) is 12.5 Å². The molecule has 0 spiro atoms. The van der Waals surface area contributed by atoms with Crippen molar-refractivity contribution in [3.63, 3.8) is 0 Å². The zero-order valence-corrected chi connectivity index (χ0v) is 6.73. The lowest BCUT2D eigenvalue weighted by Crippen LogP contribution is -1.82. The number of benzene rings is 1. The molecule has 0 radical (unpaired) electrons. The Kier molecular flexibility index (Phi) is 2.58. The van der Waals surface area contributed by atoms with Crippen molar-refractivity contribution in [1.82, 2.24) is 0 Å². The molecule has 0 amide bonds. The van der Waals surface area contributed by atoms with Crippen molar-refractivity contribution < 1.29 is 4.92 Å². The van der Waals surface area contributed by atoms with Crippen molar-refractivity contribution in [3.05, 3.63) is 51.7 Å². The summed E-state index contributed by atoms with van der Waals surface area (Å²) in [5, 5.41) is 9.96. The SMILES string of the molecule is Cc1ccc(/C=C/[N+](=O)[O-])cc1. The molecule has 0 saturated heterocycles. The Balaban J connectivity index is 2.77. The van der Waals surface area contributed by atoms with Gasteiger partial charge in [0.05, 0.1) is 4.92 Å². The first-order chi connectivity index (χ1) is 5.68. The largest absolute Gasteiger partial charge is 0.259 e. The lowest BCUT2D eigenvalue weighted by molar-refractivity contribution is -0.400. The van der Waals surface area contributed by atoms with Crippen LogP contribution in [0.2, 0.25) is 0 Å². The van der Waals surface area contributed by atoms with E-state index in [1.807, 2.05) is 31.2 Å². The molecule has 3 nitrogen and oxygen atoms in total. The minimum atomic E-state index is -0.472. The van der Waals surface area contributed by atoms with Crippen molar-refractivity contribution in [2.45, 2.75) is 6.92 Å². The predicted octanol–water partition coefficient (Wildman–Crippen LogP) is 2.24. The molecule has 0 heterocycles. The van der Waals surface area contributed by atoms with Crippen LogP contribution in [0.5, 0.6) is 0 Å². The van der Waals surface area contributed by atoms with Crippen LogP contribution in [0.4, 0.5) is 0 Å². The Bertz CT molecular complexity index is 301. The normalized spacial score (nSPS) is 10.4. The van der Waals surface area contributed by atoms with E-state index in [0.717, 1.165) is 17.3 Å². The molecule has 0 aliphatic carbocycles. The Morgan fingerprint density at radius 2 is 1.92 bits per heavy atom. The number of nitro groups is 1. The van der Waals surface area contributed by atoms with Gasteiger partial charge in [-0.15, -0.1) is 0 Å². The summed E-state index contributed by atoms with van der Waals surface area (Å²) in [5.41, 5.74) is 1.99. The van der Waals surface area contributed by atoms with Gasteiger partial charge in [0.2, 0.25) is 6.20 Å². The second-order valence-corrected chi connectivity index (χ2v) is 2.51. The van der Waals surface area contributed by atoms with Crippen LogP contribution < -0.4 is 0 Å². The molecule has 0 aliphatic heterocycles. The lowest BCUT2D eigenvalue weighted by atomic mass is 10.1. The van der Waals surface area contributed by atoms with E-state index in [-0.39, 0.29) is 0 Å². The summed E-state index contributed by atoms with van der Waals surface area (Å²) in [6.07, 6.45) is 2.41. The fourth-order valence-electron chi connectivity index (χ4n) is 0.824. The van der Waals surface area contributed by atoms with Gasteiger partial charge >= 0.3 is 0 Å². The fraction of sp³-hybridized carbons (Fsp3) is 0.111. The maximum absolute atomic E-state index is 9.96. The molecule has 1 aromatic rings.